The minimum Gasteiger partial charge on any atom is -0.465 e. The van der Waals surface area contributed by atoms with E-state index >= 15 is 0 Å². The second-order valence-corrected chi connectivity index (χ2v) is 12.3. The normalized spacial score (nSPS) is 17.3. The van der Waals surface area contributed by atoms with Crippen molar-refractivity contribution in [3.8, 4) is 11.3 Å². The molecule has 1 fully saturated rings. The SMILES string of the molecule is CC(C)(C)C1CN(c2ncc(Br)n3c(-c4ccc5c(c4)CC(=O)N5)c(Cc4ccccc4)nc23)CCN1C(=O)O. The second-order valence-electron chi connectivity index (χ2n) is 11.5. The highest BCUT2D eigenvalue weighted by atomic mass is 79.9. The third-order valence-corrected chi connectivity index (χ3v) is 8.36. The number of rotatable bonds is 4. The third kappa shape index (κ3) is 4.70. The highest BCUT2D eigenvalue weighted by Gasteiger charge is 2.39. The zero-order valence-electron chi connectivity index (χ0n) is 22.7. The van der Waals surface area contributed by atoms with E-state index in [0.29, 0.717) is 38.1 Å². The number of hydrogen-bond donors (Lipinski definition) is 2. The summed E-state index contributed by atoms with van der Waals surface area (Å²) in [6.45, 7) is 7.63. The summed E-state index contributed by atoms with van der Waals surface area (Å²) in [5.74, 6) is 0.720. The molecule has 0 radical (unpaired) electrons. The molecule has 4 aromatic rings. The van der Waals surface area contributed by atoms with Gasteiger partial charge in [-0.1, -0.05) is 57.2 Å². The molecule has 9 nitrogen and oxygen atoms in total. The number of imidazole rings is 1. The molecule has 6 rings (SSSR count). The molecule has 1 unspecified atom stereocenters. The topological polar surface area (TPSA) is 103 Å². The van der Waals surface area contributed by atoms with Crippen LogP contribution >= 0.6 is 15.9 Å². The summed E-state index contributed by atoms with van der Waals surface area (Å²) in [6, 6.07) is 16.1. The maximum Gasteiger partial charge on any atom is 0.407 e. The van der Waals surface area contributed by atoms with Crippen LogP contribution in [-0.4, -0.2) is 62.1 Å². The molecule has 1 atom stereocenters. The maximum atomic E-state index is 12.1. The molecular weight excluding hydrogens is 572 g/mol. The fourth-order valence-corrected chi connectivity index (χ4v) is 6.25. The van der Waals surface area contributed by atoms with E-state index in [9.17, 15) is 14.7 Å². The highest BCUT2D eigenvalue weighted by Crippen LogP contribution is 2.37. The average molecular weight is 604 g/mol. The standard InChI is InChI=1S/C30H31BrN6O3/c1-30(2,3)23-17-35(11-12-36(23)29(39)40)27-28-34-22(13-18-7-5-4-6-8-18)26(37(28)24(31)16-32-27)19-9-10-21-20(14-19)15-25(38)33-21/h4-10,14,16,23H,11-13,15,17H2,1-3H3,(H,33,38)(H,39,40). The molecule has 0 aliphatic carbocycles. The Morgan fingerprint density at radius 1 is 1.15 bits per heavy atom. The Hall–Kier alpha value is -3.92. The van der Waals surface area contributed by atoms with Crippen LogP contribution in [0.15, 0.2) is 59.3 Å². The molecule has 2 aromatic heterocycles. The first kappa shape index (κ1) is 26.3. The van der Waals surface area contributed by atoms with Gasteiger partial charge < -0.3 is 20.2 Å². The Morgan fingerprint density at radius 2 is 1.93 bits per heavy atom. The highest BCUT2D eigenvalue weighted by molar-refractivity contribution is 9.10. The van der Waals surface area contributed by atoms with E-state index < -0.39 is 6.09 Å². The molecule has 40 heavy (non-hydrogen) atoms. The van der Waals surface area contributed by atoms with Gasteiger partial charge in [-0.05, 0) is 44.6 Å². The van der Waals surface area contributed by atoms with Crippen LogP contribution in [0.25, 0.3) is 16.9 Å². The lowest BCUT2D eigenvalue weighted by molar-refractivity contribution is -0.115. The van der Waals surface area contributed by atoms with Crippen LogP contribution in [0.5, 0.6) is 0 Å². The van der Waals surface area contributed by atoms with Crippen LogP contribution < -0.4 is 10.2 Å². The third-order valence-electron chi connectivity index (χ3n) is 7.80. The van der Waals surface area contributed by atoms with E-state index in [1.807, 2.05) is 30.3 Å². The summed E-state index contributed by atoms with van der Waals surface area (Å²) < 4.78 is 2.85. The van der Waals surface area contributed by atoms with Crippen molar-refractivity contribution >= 4 is 45.1 Å². The summed E-state index contributed by atoms with van der Waals surface area (Å²) >= 11 is 3.74. The number of anilines is 2. The van der Waals surface area contributed by atoms with Gasteiger partial charge in [0.05, 0.1) is 30.0 Å². The molecule has 2 N–H and O–H groups in total. The largest absolute Gasteiger partial charge is 0.465 e. The van der Waals surface area contributed by atoms with Crippen molar-refractivity contribution in [2.45, 2.75) is 39.7 Å². The number of nitrogens with one attached hydrogen (secondary N) is 1. The van der Waals surface area contributed by atoms with Gasteiger partial charge in [0.25, 0.3) is 0 Å². The number of carbonyl (C=O) groups is 2. The van der Waals surface area contributed by atoms with E-state index in [2.05, 4.69) is 69.5 Å². The number of halogens is 1. The Kier molecular flexibility index (Phi) is 6.53. The molecule has 4 heterocycles. The fourth-order valence-electron chi connectivity index (χ4n) is 5.81. The van der Waals surface area contributed by atoms with E-state index in [1.165, 1.54) is 0 Å². The van der Waals surface area contributed by atoms with Gasteiger partial charge >= 0.3 is 6.09 Å². The van der Waals surface area contributed by atoms with Crippen LogP contribution in [0, 0.1) is 5.41 Å². The molecule has 0 spiro atoms. The summed E-state index contributed by atoms with van der Waals surface area (Å²) in [7, 11) is 0. The number of amides is 2. The number of carbonyl (C=O) groups excluding carboxylic acids is 1. The molecule has 2 amide bonds. The monoisotopic (exact) mass is 602 g/mol. The van der Waals surface area contributed by atoms with E-state index in [0.717, 1.165) is 44.2 Å². The van der Waals surface area contributed by atoms with Crippen molar-refractivity contribution in [1.82, 2.24) is 19.3 Å². The van der Waals surface area contributed by atoms with Crippen molar-refractivity contribution in [3.63, 3.8) is 0 Å². The number of piperazine rings is 1. The lowest BCUT2D eigenvalue weighted by Crippen LogP contribution is -2.59. The first-order valence-corrected chi connectivity index (χ1v) is 14.2. The predicted molar refractivity (Wildman–Crippen MR) is 158 cm³/mol. The number of fused-ring (bicyclic) bond motifs is 2. The Morgan fingerprint density at radius 3 is 2.65 bits per heavy atom. The van der Waals surface area contributed by atoms with Crippen LogP contribution in [-0.2, 0) is 17.6 Å². The molecule has 0 saturated carbocycles. The quantitative estimate of drug-likeness (QED) is 0.321. The van der Waals surface area contributed by atoms with Crippen molar-refractivity contribution in [2.75, 3.05) is 29.9 Å². The first-order chi connectivity index (χ1) is 19.1. The van der Waals surface area contributed by atoms with E-state index in [-0.39, 0.29) is 17.4 Å². The van der Waals surface area contributed by atoms with Crippen LogP contribution in [0.4, 0.5) is 16.3 Å². The van der Waals surface area contributed by atoms with E-state index in [4.69, 9.17) is 9.97 Å². The Bertz CT molecular complexity index is 1630. The molecule has 10 heteroatoms. The van der Waals surface area contributed by atoms with Crippen molar-refractivity contribution in [3.05, 3.63) is 76.2 Å². The van der Waals surface area contributed by atoms with Gasteiger partial charge in [-0.3, -0.25) is 9.20 Å². The summed E-state index contributed by atoms with van der Waals surface area (Å²) in [4.78, 5) is 37.8. The smallest absolute Gasteiger partial charge is 0.407 e. The molecule has 2 aliphatic heterocycles. The predicted octanol–water partition coefficient (Wildman–Crippen LogP) is 5.46. The van der Waals surface area contributed by atoms with Gasteiger partial charge in [0.1, 0.15) is 4.60 Å². The zero-order chi connectivity index (χ0) is 28.2. The molecule has 2 aliphatic rings. The van der Waals surface area contributed by atoms with Gasteiger partial charge in [0.15, 0.2) is 11.5 Å². The number of carboxylic acid groups (broad SMARTS) is 1. The van der Waals surface area contributed by atoms with Crippen LogP contribution in [0.3, 0.4) is 0 Å². The van der Waals surface area contributed by atoms with E-state index in [1.54, 1.807) is 11.1 Å². The van der Waals surface area contributed by atoms with Gasteiger partial charge in [0.2, 0.25) is 5.91 Å². The summed E-state index contributed by atoms with van der Waals surface area (Å²) in [5, 5.41) is 12.8. The first-order valence-electron chi connectivity index (χ1n) is 13.4. The zero-order valence-corrected chi connectivity index (χ0v) is 24.3. The van der Waals surface area contributed by atoms with Gasteiger partial charge in [-0.2, -0.15) is 0 Å². The van der Waals surface area contributed by atoms with Crippen molar-refractivity contribution in [1.29, 1.82) is 0 Å². The summed E-state index contributed by atoms with van der Waals surface area (Å²) in [6.07, 6.45) is 1.86. The minimum atomic E-state index is -0.897. The fraction of sp³-hybridized carbons (Fsp3) is 0.333. The summed E-state index contributed by atoms with van der Waals surface area (Å²) in [5.41, 5.74) is 6.21. The molecular formula is C30H31BrN6O3. The van der Waals surface area contributed by atoms with Gasteiger partial charge in [0, 0.05) is 37.3 Å². The van der Waals surface area contributed by atoms with Gasteiger partial charge in [-0.25, -0.2) is 14.8 Å². The Labute approximate surface area is 241 Å². The Balaban J connectivity index is 1.50. The van der Waals surface area contributed by atoms with Crippen molar-refractivity contribution in [2.24, 2.45) is 5.41 Å². The minimum absolute atomic E-state index is 0.00336. The molecule has 206 valence electrons. The maximum absolute atomic E-state index is 12.1. The van der Waals surface area contributed by atoms with Crippen molar-refractivity contribution < 1.29 is 14.7 Å². The average Bonchev–Trinajstić information content (AvgIpc) is 3.48. The number of nitrogens with zero attached hydrogens (tertiary/aromatic N) is 5. The second kappa shape index (κ2) is 9.92. The van der Waals surface area contributed by atoms with Crippen LogP contribution in [0.2, 0.25) is 0 Å². The number of benzene rings is 2. The molecule has 0 bridgehead atoms. The lowest BCUT2D eigenvalue weighted by Gasteiger charge is -2.46. The lowest BCUT2D eigenvalue weighted by atomic mass is 9.84. The molecule has 2 aromatic carbocycles. The molecule has 1 saturated heterocycles. The number of hydrogen-bond acceptors (Lipinski definition) is 5. The van der Waals surface area contributed by atoms with Gasteiger partial charge in [-0.15, -0.1) is 0 Å². The number of aromatic nitrogens is 3. The van der Waals surface area contributed by atoms with Crippen LogP contribution in [0.1, 0.15) is 37.6 Å².